The number of anilines is 1. The highest BCUT2D eigenvalue weighted by Crippen LogP contribution is 2.26. The predicted octanol–water partition coefficient (Wildman–Crippen LogP) is 5.64. The number of amides is 1. The molecule has 6 heteroatoms. The summed E-state index contributed by atoms with van der Waals surface area (Å²) < 4.78 is 3.29. The Morgan fingerprint density at radius 2 is 1.72 bits per heavy atom. The van der Waals surface area contributed by atoms with E-state index in [0.717, 1.165) is 65.2 Å². The first-order valence-corrected chi connectivity index (χ1v) is 11.8. The number of fused-ring (bicyclic) bond motifs is 1. The number of carbonyl (C=O) groups excluding carboxylic acids is 1. The van der Waals surface area contributed by atoms with Crippen molar-refractivity contribution in [3.63, 3.8) is 0 Å². The first kappa shape index (κ1) is 20.9. The highest BCUT2D eigenvalue weighted by atomic mass is 79.9. The molecule has 1 amide bonds. The molecule has 5 nitrogen and oxygen atoms in total. The average molecular weight is 489 g/mol. The molecule has 32 heavy (non-hydrogen) atoms. The third-order valence-electron chi connectivity index (χ3n) is 6.06. The van der Waals surface area contributed by atoms with Gasteiger partial charge in [-0.15, -0.1) is 0 Å². The number of benzene rings is 3. The van der Waals surface area contributed by atoms with E-state index in [1.807, 2.05) is 42.5 Å². The number of nitrogens with one attached hydrogen (secondary N) is 1. The van der Waals surface area contributed by atoms with Crippen molar-refractivity contribution in [3.05, 3.63) is 89.2 Å². The van der Waals surface area contributed by atoms with Crippen molar-refractivity contribution < 1.29 is 4.79 Å². The molecule has 0 spiro atoms. The summed E-state index contributed by atoms with van der Waals surface area (Å²) in [7, 11) is 0. The van der Waals surface area contributed by atoms with Gasteiger partial charge in [0.2, 0.25) is 5.91 Å². The van der Waals surface area contributed by atoms with Crippen LogP contribution < -0.4 is 5.32 Å². The van der Waals surface area contributed by atoms with Crippen molar-refractivity contribution in [2.75, 3.05) is 18.4 Å². The van der Waals surface area contributed by atoms with Crippen molar-refractivity contribution >= 4 is 38.6 Å². The fourth-order valence-corrected chi connectivity index (χ4v) is 4.79. The van der Waals surface area contributed by atoms with Gasteiger partial charge in [-0.05, 0) is 68.4 Å². The minimum atomic E-state index is 0.0513. The Hall–Kier alpha value is -2.96. The molecule has 4 aromatic rings. The van der Waals surface area contributed by atoms with E-state index < -0.39 is 0 Å². The van der Waals surface area contributed by atoms with Gasteiger partial charge in [-0.1, -0.05) is 52.3 Å². The van der Waals surface area contributed by atoms with Gasteiger partial charge in [-0.2, -0.15) is 0 Å². The molecular weight excluding hydrogens is 464 g/mol. The number of halogens is 1. The van der Waals surface area contributed by atoms with Gasteiger partial charge in [-0.3, -0.25) is 14.3 Å². The molecular formula is C26H25BrN4O. The Bertz CT molecular complexity index is 1230. The number of para-hydroxylation sites is 3. The van der Waals surface area contributed by atoms with Gasteiger partial charge in [0, 0.05) is 21.8 Å². The molecule has 0 atom stereocenters. The maximum absolute atomic E-state index is 12.7. The zero-order valence-electron chi connectivity index (χ0n) is 17.7. The van der Waals surface area contributed by atoms with Gasteiger partial charge in [-0.25, -0.2) is 4.98 Å². The van der Waals surface area contributed by atoms with E-state index in [2.05, 4.69) is 67.1 Å². The number of rotatable bonds is 5. The van der Waals surface area contributed by atoms with E-state index in [0.29, 0.717) is 0 Å². The minimum absolute atomic E-state index is 0.0513. The SMILES string of the molecule is O=C(Nc1ccccc1)C1CCN(Cc2nc3ccccc3n2-c2cccc(Br)c2)CC1. The Balaban J connectivity index is 1.31. The summed E-state index contributed by atoms with van der Waals surface area (Å²) in [6, 6.07) is 26.3. The Morgan fingerprint density at radius 3 is 2.50 bits per heavy atom. The van der Waals surface area contributed by atoms with E-state index in [-0.39, 0.29) is 11.8 Å². The third kappa shape index (κ3) is 4.47. The number of hydrogen-bond donors (Lipinski definition) is 1. The summed E-state index contributed by atoms with van der Waals surface area (Å²) in [5.41, 5.74) is 4.07. The molecule has 0 aliphatic carbocycles. The van der Waals surface area contributed by atoms with Crippen LogP contribution in [0.5, 0.6) is 0 Å². The average Bonchev–Trinajstić information content (AvgIpc) is 3.18. The van der Waals surface area contributed by atoms with Crippen LogP contribution in [-0.2, 0) is 11.3 Å². The number of piperidine rings is 1. The van der Waals surface area contributed by atoms with Crippen molar-refractivity contribution in [1.82, 2.24) is 14.5 Å². The largest absolute Gasteiger partial charge is 0.326 e. The fraction of sp³-hybridized carbons (Fsp3) is 0.231. The minimum Gasteiger partial charge on any atom is -0.326 e. The number of nitrogens with zero attached hydrogens (tertiary/aromatic N) is 3. The number of carbonyl (C=O) groups is 1. The second-order valence-corrected chi connectivity index (χ2v) is 9.15. The normalized spacial score (nSPS) is 15.2. The summed E-state index contributed by atoms with van der Waals surface area (Å²) in [6.07, 6.45) is 1.71. The predicted molar refractivity (Wildman–Crippen MR) is 132 cm³/mol. The lowest BCUT2D eigenvalue weighted by Crippen LogP contribution is -2.38. The van der Waals surface area contributed by atoms with Crippen molar-refractivity contribution in [3.8, 4) is 5.69 Å². The van der Waals surface area contributed by atoms with Crippen LogP contribution in [0.1, 0.15) is 18.7 Å². The number of imidazole rings is 1. The second kappa shape index (κ2) is 9.27. The van der Waals surface area contributed by atoms with Crippen LogP contribution in [0.4, 0.5) is 5.69 Å². The molecule has 162 valence electrons. The van der Waals surface area contributed by atoms with E-state index in [1.165, 1.54) is 0 Å². The molecule has 1 N–H and O–H groups in total. The molecule has 1 aliphatic rings. The Labute approximate surface area is 196 Å². The summed E-state index contributed by atoms with van der Waals surface area (Å²) >= 11 is 3.60. The lowest BCUT2D eigenvalue weighted by atomic mass is 9.96. The summed E-state index contributed by atoms with van der Waals surface area (Å²) in [5.74, 6) is 1.20. The van der Waals surface area contributed by atoms with Crippen LogP contribution >= 0.6 is 15.9 Å². The molecule has 1 fully saturated rings. The molecule has 5 rings (SSSR count). The zero-order valence-corrected chi connectivity index (χ0v) is 19.3. The van der Waals surface area contributed by atoms with Gasteiger partial charge >= 0.3 is 0 Å². The molecule has 0 unspecified atom stereocenters. The third-order valence-corrected chi connectivity index (χ3v) is 6.55. The van der Waals surface area contributed by atoms with Crippen molar-refractivity contribution in [2.45, 2.75) is 19.4 Å². The fourth-order valence-electron chi connectivity index (χ4n) is 4.40. The topological polar surface area (TPSA) is 50.2 Å². The van der Waals surface area contributed by atoms with Gasteiger partial charge in [0.05, 0.1) is 17.6 Å². The first-order valence-electron chi connectivity index (χ1n) is 11.0. The second-order valence-electron chi connectivity index (χ2n) is 8.24. The number of likely N-dealkylation sites (tertiary alicyclic amines) is 1. The number of aromatic nitrogens is 2. The molecule has 0 saturated carbocycles. The molecule has 1 aromatic heterocycles. The maximum Gasteiger partial charge on any atom is 0.227 e. The monoisotopic (exact) mass is 488 g/mol. The molecule has 1 aliphatic heterocycles. The summed E-state index contributed by atoms with van der Waals surface area (Å²) in [6.45, 7) is 2.53. The molecule has 0 radical (unpaired) electrons. The summed E-state index contributed by atoms with van der Waals surface area (Å²) in [4.78, 5) is 20.0. The van der Waals surface area contributed by atoms with Crippen LogP contribution in [0.2, 0.25) is 0 Å². The van der Waals surface area contributed by atoms with E-state index in [1.54, 1.807) is 0 Å². The molecule has 0 bridgehead atoms. The van der Waals surface area contributed by atoms with E-state index in [4.69, 9.17) is 4.98 Å². The van der Waals surface area contributed by atoms with Crippen LogP contribution in [-0.4, -0.2) is 33.4 Å². The van der Waals surface area contributed by atoms with E-state index >= 15 is 0 Å². The highest BCUT2D eigenvalue weighted by Gasteiger charge is 2.26. The first-order chi connectivity index (χ1) is 15.7. The Kier molecular flexibility index (Phi) is 6.06. The van der Waals surface area contributed by atoms with E-state index in [9.17, 15) is 4.79 Å². The number of hydrogen-bond acceptors (Lipinski definition) is 3. The lowest BCUT2D eigenvalue weighted by molar-refractivity contribution is -0.121. The van der Waals surface area contributed by atoms with Gasteiger partial charge in [0.15, 0.2) is 0 Å². The summed E-state index contributed by atoms with van der Waals surface area (Å²) in [5, 5.41) is 3.05. The zero-order chi connectivity index (χ0) is 21.9. The van der Waals surface area contributed by atoms with Gasteiger partial charge in [0.25, 0.3) is 0 Å². The smallest absolute Gasteiger partial charge is 0.227 e. The molecule has 2 heterocycles. The van der Waals surface area contributed by atoms with Gasteiger partial charge in [0.1, 0.15) is 5.82 Å². The molecule has 1 saturated heterocycles. The van der Waals surface area contributed by atoms with Crippen LogP contribution in [0.3, 0.4) is 0 Å². The van der Waals surface area contributed by atoms with Crippen LogP contribution in [0.25, 0.3) is 16.7 Å². The standard InChI is InChI=1S/C26H25BrN4O/c27-20-7-6-10-22(17-20)31-24-12-5-4-11-23(24)29-25(31)18-30-15-13-19(14-16-30)26(32)28-21-8-2-1-3-9-21/h1-12,17,19H,13-16,18H2,(H,28,32). The van der Waals surface area contributed by atoms with Crippen molar-refractivity contribution in [1.29, 1.82) is 0 Å². The van der Waals surface area contributed by atoms with Crippen molar-refractivity contribution in [2.24, 2.45) is 5.92 Å². The maximum atomic E-state index is 12.7. The quantitative estimate of drug-likeness (QED) is 0.395. The lowest BCUT2D eigenvalue weighted by Gasteiger charge is -2.31. The highest BCUT2D eigenvalue weighted by molar-refractivity contribution is 9.10. The molecule has 3 aromatic carbocycles. The van der Waals surface area contributed by atoms with Crippen LogP contribution in [0.15, 0.2) is 83.3 Å². The van der Waals surface area contributed by atoms with Gasteiger partial charge < -0.3 is 5.32 Å². The van der Waals surface area contributed by atoms with Crippen LogP contribution in [0, 0.1) is 5.92 Å². The Morgan fingerprint density at radius 1 is 0.969 bits per heavy atom.